The minimum atomic E-state index is -3.80. The summed E-state index contributed by atoms with van der Waals surface area (Å²) in [5.74, 6) is -0.975. The van der Waals surface area contributed by atoms with Crippen molar-refractivity contribution in [3.05, 3.63) is 90.0 Å². The highest BCUT2D eigenvalue weighted by Crippen LogP contribution is 2.47. The number of nitrogens with one attached hydrogen (secondary N) is 1. The highest BCUT2D eigenvalue weighted by molar-refractivity contribution is 7.89. The van der Waals surface area contributed by atoms with Crippen LogP contribution in [0.3, 0.4) is 0 Å². The highest BCUT2D eigenvalue weighted by Gasteiger charge is 2.45. The molecular formula is C30H31FN4O3S. The first-order chi connectivity index (χ1) is 18.6. The molecule has 4 aromatic rings. The van der Waals surface area contributed by atoms with E-state index in [0.29, 0.717) is 31.2 Å². The molecule has 1 aliphatic carbocycles. The molecule has 39 heavy (non-hydrogen) atoms. The van der Waals surface area contributed by atoms with E-state index in [2.05, 4.69) is 9.71 Å². The second kappa shape index (κ2) is 10.5. The molecule has 0 bridgehead atoms. The van der Waals surface area contributed by atoms with Crippen molar-refractivity contribution in [2.45, 2.75) is 56.4 Å². The molecule has 5 rings (SSSR count). The summed E-state index contributed by atoms with van der Waals surface area (Å²) < 4.78 is 42.8. The Morgan fingerprint density at radius 2 is 1.77 bits per heavy atom. The van der Waals surface area contributed by atoms with Crippen molar-refractivity contribution in [2.24, 2.45) is 11.1 Å². The highest BCUT2D eigenvalue weighted by atomic mass is 32.2. The van der Waals surface area contributed by atoms with Gasteiger partial charge in [0.25, 0.3) is 0 Å². The molecule has 1 atom stereocenters. The lowest BCUT2D eigenvalue weighted by Crippen LogP contribution is -2.48. The Morgan fingerprint density at radius 1 is 1.05 bits per heavy atom. The summed E-state index contributed by atoms with van der Waals surface area (Å²) in [4.78, 5) is 21.7. The maximum Gasteiger partial charge on any atom is 0.240 e. The third-order valence-electron chi connectivity index (χ3n) is 8.05. The number of halogens is 1. The maximum absolute atomic E-state index is 13.4. The largest absolute Gasteiger partial charge is 0.369 e. The van der Waals surface area contributed by atoms with E-state index in [1.807, 2.05) is 38.1 Å². The van der Waals surface area contributed by atoms with Crippen molar-refractivity contribution in [1.82, 2.24) is 14.7 Å². The number of rotatable bonds is 7. The van der Waals surface area contributed by atoms with Crippen molar-refractivity contribution in [2.75, 3.05) is 0 Å². The number of primary amides is 1. The second-order valence-electron chi connectivity index (χ2n) is 10.4. The fraction of sp³-hybridized carbons (Fsp3) is 0.300. The summed E-state index contributed by atoms with van der Waals surface area (Å²) in [6, 6.07) is 18.3. The van der Waals surface area contributed by atoms with Crippen LogP contribution in [0.4, 0.5) is 4.39 Å². The van der Waals surface area contributed by atoms with Gasteiger partial charge in [-0.05, 0) is 92.6 Å². The lowest BCUT2D eigenvalue weighted by atomic mass is 9.63. The van der Waals surface area contributed by atoms with Crippen molar-refractivity contribution in [1.29, 1.82) is 0 Å². The van der Waals surface area contributed by atoms with E-state index in [-0.39, 0.29) is 22.7 Å². The molecule has 2 heterocycles. The number of aromatic nitrogens is 2. The molecule has 0 saturated heterocycles. The van der Waals surface area contributed by atoms with Crippen LogP contribution in [0.15, 0.2) is 77.8 Å². The molecule has 1 fully saturated rings. The van der Waals surface area contributed by atoms with Gasteiger partial charge < -0.3 is 5.73 Å². The normalized spacial score (nSPS) is 20.5. The van der Waals surface area contributed by atoms with Gasteiger partial charge in [-0.15, -0.1) is 0 Å². The number of fused-ring (bicyclic) bond motifs is 1. The van der Waals surface area contributed by atoms with Gasteiger partial charge in [-0.1, -0.05) is 25.1 Å². The lowest BCUT2D eigenvalue weighted by Gasteiger charge is -2.42. The SMILES string of the molecule is Cc1cc(-c2ccc3cc(S(=O)(=O)NC4CCC(C(N)=O)([C@H](C)c5ccc(F)cc5)CC4)ccc3n2)ccn1. The average molecular weight is 547 g/mol. The molecule has 7 nitrogen and oxygen atoms in total. The van der Waals surface area contributed by atoms with Gasteiger partial charge in [-0.2, -0.15) is 0 Å². The Kier molecular flexibility index (Phi) is 7.22. The van der Waals surface area contributed by atoms with Gasteiger partial charge in [0.1, 0.15) is 5.82 Å². The predicted molar refractivity (Wildman–Crippen MR) is 149 cm³/mol. The monoisotopic (exact) mass is 546 g/mol. The Hall–Kier alpha value is -3.69. The minimum absolute atomic E-state index is 0.163. The molecule has 3 N–H and O–H groups in total. The van der Waals surface area contributed by atoms with Gasteiger partial charge in [0.2, 0.25) is 15.9 Å². The number of carbonyl (C=O) groups is 1. The van der Waals surface area contributed by atoms with Crippen LogP contribution in [0.1, 0.15) is 49.8 Å². The van der Waals surface area contributed by atoms with Crippen molar-refractivity contribution < 1.29 is 17.6 Å². The van der Waals surface area contributed by atoms with Gasteiger partial charge in [-0.3, -0.25) is 9.78 Å². The minimum Gasteiger partial charge on any atom is -0.369 e. The summed E-state index contributed by atoms with van der Waals surface area (Å²) >= 11 is 0. The van der Waals surface area contributed by atoms with Crippen LogP contribution in [0.5, 0.6) is 0 Å². The van der Waals surface area contributed by atoms with Crippen LogP contribution in [-0.4, -0.2) is 30.3 Å². The first-order valence-corrected chi connectivity index (χ1v) is 14.5. The average Bonchev–Trinajstić information content (AvgIpc) is 2.92. The van der Waals surface area contributed by atoms with Gasteiger partial charge in [0.15, 0.2) is 0 Å². The van der Waals surface area contributed by atoms with E-state index in [9.17, 15) is 17.6 Å². The topological polar surface area (TPSA) is 115 Å². The van der Waals surface area contributed by atoms with Crippen molar-refractivity contribution in [3.8, 4) is 11.3 Å². The number of pyridine rings is 2. The fourth-order valence-corrected chi connectivity index (χ4v) is 6.98. The van der Waals surface area contributed by atoms with Crippen LogP contribution in [0.25, 0.3) is 22.2 Å². The second-order valence-corrected chi connectivity index (χ2v) is 12.1. The van der Waals surface area contributed by atoms with E-state index < -0.39 is 21.3 Å². The van der Waals surface area contributed by atoms with Crippen LogP contribution >= 0.6 is 0 Å². The molecule has 1 aliphatic rings. The molecule has 0 unspecified atom stereocenters. The third kappa shape index (κ3) is 5.42. The first-order valence-electron chi connectivity index (χ1n) is 13.0. The van der Waals surface area contributed by atoms with E-state index in [1.54, 1.807) is 36.5 Å². The summed E-state index contributed by atoms with van der Waals surface area (Å²) in [6.07, 6.45) is 3.55. The molecule has 0 aliphatic heterocycles. The molecule has 9 heteroatoms. The number of sulfonamides is 1. The summed E-state index contributed by atoms with van der Waals surface area (Å²) in [5.41, 5.74) is 9.22. The molecule has 0 spiro atoms. The van der Waals surface area contributed by atoms with Crippen LogP contribution in [-0.2, 0) is 14.8 Å². The number of hydrogen-bond donors (Lipinski definition) is 2. The molecule has 2 aromatic carbocycles. The number of carbonyl (C=O) groups excluding carboxylic acids is 1. The lowest BCUT2D eigenvalue weighted by molar-refractivity contribution is -0.131. The van der Waals surface area contributed by atoms with E-state index >= 15 is 0 Å². The molecule has 2 aromatic heterocycles. The zero-order valence-corrected chi connectivity index (χ0v) is 22.7. The summed E-state index contributed by atoms with van der Waals surface area (Å²) in [7, 11) is -3.80. The first kappa shape index (κ1) is 26.9. The van der Waals surface area contributed by atoms with Crippen LogP contribution in [0, 0.1) is 18.2 Å². The van der Waals surface area contributed by atoms with E-state index in [1.165, 1.54) is 12.1 Å². The number of nitrogens with zero attached hydrogens (tertiary/aromatic N) is 2. The maximum atomic E-state index is 13.4. The standard InChI is InChI=1S/C30H31FN4O3S/c1-19-17-23(13-16-33-19)27-9-5-22-18-26(8-10-28(22)34-27)39(37,38)35-25-11-14-30(15-12-25,29(32)36)20(2)21-3-6-24(31)7-4-21/h3-10,13,16-18,20,25,35H,11-12,14-15H2,1-2H3,(H2,32,36)/t20-,25?,30?/m1/s1. The zero-order chi connectivity index (χ0) is 27.8. The van der Waals surface area contributed by atoms with Gasteiger partial charge in [0, 0.05) is 28.9 Å². The smallest absolute Gasteiger partial charge is 0.240 e. The number of nitrogens with two attached hydrogens (primary N) is 1. The predicted octanol–water partition coefficient (Wildman–Crippen LogP) is 5.24. The Labute approximate surface area is 227 Å². The number of benzene rings is 2. The molecule has 1 saturated carbocycles. The molecule has 1 amide bonds. The number of hydrogen-bond acceptors (Lipinski definition) is 5. The fourth-order valence-electron chi connectivity index (χ4n) is 5.64. The van der Waals surface area contributed by atoms with Gasteiger partial charge >= 0.3 is 0 Å². The van der Waals surface area contributed by atoms with Crippen LogP contribution in [0.2, 0.25) is 0 Å². The molecule has 0 radical (unpaired) electrons. The Balaban J connectivity index is 1.31. The van der Waals surface area contributed by atoms with Crippen molar-refractivity contribution >= 4 is 26.8 Å². The Bertz CT molecular complexity index is 1630. The molecule has 202 valence electrons. The van der Waals surface area contributed by atoms with Crippen molar-refractivity contribution in [3.63, 3.8) is 0 Å². The number of amides is 1. The summed E-state index contributed by atoms with van der Waals surface area (Å²) in [5, 5.41) is 0.719. The van der Waals surface area contributed by atoms with Crippen LogP contribution < -0.4 is 10.5 Å². The van der Waals surface area contributed by atoms with Gasteiger partial charge in [-0.25, -0.2) is 22.5 Å². The quantitative estimate of drug-likeness (QED) is 0.329. The summed E-state index contributed by atoms with van der Waals surface area (Å²) in [6.45, 7) is 3.84. The van der Waals surface area contributed by atoms with E-state index in [4.69, 9.17) is 10.7 Å². The third-order valence-corrected chi connectivity index (χ3v) is 9.57. The van der Waals surface area contributed by atoms with Gasteiger partial charge in [0.05, 0.1) is 21.5 Å². The van der Waals surface area contributed by atoms with E-state index in [0.717, 1.165) is 27.9 Å². The zero-order valence-electron chi connectivity index (χ0n) is 21.9. The number of aryl methyl sites for hydroxylation is 1. The Morgan fingerprint density at radius 3 is 2.44 bits per heavy atom. The molecular weight excluding hydrogens is 515 g/mol.